The summed E-state index contributed by atoms with van der Waals surface area (Å²) < 4.78 is 5.64. The molecule has 1 saturated carbocycles. The van der Waals surface area contributed by atoms with E-state index in [1.807, 2.05) is 0 Å². The highest BCUT2D eigenvalue weighted by molar-refractivity contribution is 5.92. The fourth-order valence-corrected chi connectivity index (χ4v) is 1.32. The maximum atomic E-state index is 11.5. The van der Waals surface area contributed by atoms with Crippen LogP contribution in [0.25, 0.3) is 0 Å². The van der Waals surface area contributed by atoms with E-state index in [4.69, 9.17) is 4.74 Å². The van der Waals surface area contributed by atoms with Crippen LogP contribution in [0.15, 0.2) is 12.1 Å². The van der Waals surface area contributed by atoms with Gasteiger partial charge in [-0.1, -0.05) is 0 Å². The van der Waals surface area contributed by atoms with E-state index < -0.39 is 0 Å². The van der Waals surface area contributed by atoms with Crippen molar-refractivity contribution in [3.05, 3.63) is 17.8 Å². The number of nitrogens with one attached hydrogen (secondary N) is 2. The van der Waals surface area contributed by atoms with Crippen LogP contribution in [-0.2, 0) is 0 Å². The number of ether oxygens (including phenoxy) is 1. The first-order valence-corrected chi connectivity index (χ1v) is 5.31. The smallest absolute Gasteiger partial charge is 0.269 e. The SMILES string of the molecule is CNC(=O)c1cc(OC2CC2)cc(NC)n1. The predicted octanol–water partition coefficient (Wildman–Crippen LogP) is 1.02. The summed E-state index contributed by atoms with van der Waals surface area (Å²) in [6, 6.07) is 3.46. The third-order valence-corrected chi connectivity index (χ3v) is 2.34. The van der Waals surface area contributed by atoms with Crippen molar-refractivity contribution in [1.82, 2.24) is 10.3 Å². The van der Waals surface area contributed by atoms with Gasteiger partial charge in [-0.2, -0.15) is 0 Å². The lowest BCUT2D eigenvalue weighted by molar-refractivity contribution is 0.0957. The van der Waals surface area contributed by atoms with Gasteiger partial charge in [0.2, 0.25) is 0 Å². The van der Waals surface area contributed by atoms with Crippen LogP contribution in [0.3, 0.4) is 0 Å². The fraction of sp³-hybridized carbons (Fsp3) is 0.455. The summed E-state index contributed by atoms with van der Waals surface area (Å²) in [4.78, 5) is 15.6. The van der Waals surface area contributed by atoms with Crippen LogP contribution in [0, 0.1) is 0 Å². The lowest BCUT2D eigenvalue weighted by atomic mass is 10.3. The summed E-state index contributed by atoms with van der Waals surface area (Å²) >= 11 is 0. The zero-order valence-corrected chi connectivity index (χ0v) is 9.41. The van der Waals surface area contributed by atoms with E-state index >= 15 is 0 Å². The maximum Gasteiger partial charge on any atom is 0.269 e. The molecular formula is C11H15N3O2. The summed E-state index contributed by atoms with van der Waals surface area (Å²) in [6.45, 7) is 0. The summed E-state index contributed by atoms with van der Waals surface area (Å²) in [5.74, 6) is 1.12. The second-order valence-corrected chi connectivity index (χ2v) is 3.72. The predicted molar refractivity (Wildman–Crippen MR) is 60.8 cm³/mol. The molecule has 0 radical (unpaired) electrons. The number of aromatic nitrogens is 1. The zero-order valence-electron chi connectivity index (χ0n) is 9.41. The van der Waals surface area contributed by atoms with E-state index in [1.54, 1.807) is 26.2 Å². The Morgan fingerprint density at radius 1 is 1.44 bits per heavy atom. The normalized spacial score (nSPS) is 14.4. The molecule has 1 heterocycles. The van der Waals surface area contributed by atoms with Crippen molar-refractivity contribution in [2.75, 3.05) is 19.4 Å². The largest absolute Gasteiger partial charge is 0.490 e. The molecule has 0 bridgehead atoms. The van der Waals surface area contributed by atoms with E-state index in [2.05, 4.69) is 15.6 Å². The molecule has 5 nitrogen and oxygen atoms in total. The van der Waals surface area contributed by atoms with Gasteiger partial charge in [0.25, 0.3) is 5.91 Å². The third kappa shape index (κ3) is 2.42. The molecule has 0 aromatic carbocycles. The van der Waals surface area contributed by atoms with E-state index in [0.29, 0.717) is 23.4 Å². The average molecular weight is 221 g/mol. The quantitative estimate of drug-likeness (QED) is 0.797. The van der Waals surface area contributed by atoms with Gasteiger partial charge in [-0.05, 0) is 12.8 Å². The maximum absolute atomic E-state index is 11.5. The zero-order chi connectivity index (χ0) is 11.5. The van der Waals surface area contributed by atoms with Crippen molar-refractivity contribution in [3.8, 4) is 5.75 Å². The molecule has 2 rings (SSSR count). The number of amides is 1. The van der Waals surface area contributed by atoms with Gasteiger partial charge in [0.05, 0.1) is 6.10 Å². The van der Waals surface area contributed by atoms with Crippen LogP contribution in [0.4, 0.5) is 5.82 Å². The Morgan fingerprint density at radius 2 is 2.19 bits per heavy atom. The summed E-state index contributed by atoms with van der Waals surface area (Å²) in [5, 5.41) is 5.45. The number of hydrogen-bond acceptors (Lipinski definition) is 4. The van der Waals surface area contributed by atoms with Gasteiger partial charge < -0.3 is 15.4 Å². The number of pyridine rings is 1. The minimum atomic E-state index is -0.210. The topological polar surface area (TPSA) is 63.2 Å². The van der Waals surface area contributed by atoms with E-state index in [9.17, 15) is 4.79 Å². The van der Waals surface area contributed by atoms with Gasteiger partial charge >= 0.3 is 0 Å². The van der Waals surface area contributed by atoms with Gasteiger partial charge in [-0.15, -0.1) is 0 Å². The minimum absolute atomic E-state index is 0.210. The molecule has 16 heavy (non-hydrogen) atoms. The van der Waals surface area contributed by atoms with Gasteiger partial charge in [0, 0.05) is 26.2 Å². The molecule has 0 saturated heterocycles. The van der Waals surface area contributed by atoms with Crippen molar-refractivity contribution in [2.45, 2.75) is 18.9 Å². The first kappa shape index (κ1) is 10.7. The molecule has 86 valence electrons. The summed E-state index contributed by atoms with van der Waals surface area (Å²) in [5.41, 5.74) is 0.366. The molecule has 1 aliphatic rings. The number of carbonyl (C=O) groups is 1. The van der Waals surface area contributed by atoms with Crippen LogP contribution >= 0.6 is 0 Å². The van der Waals surface area contributed by atoms with Gasteiger partial charge in [0.15, 0.2) is 0 Å². The average Bonchev–Trinajstić information content (AvgIpc) is 3.11. The highest BCUT2D eigenvalue weighted by Crippen LogP contribution is 2.28. The Balaban J connectivity index is 2.25. The number of carbonyl (C=O) groups excluding carboxylic acids is 1. The standard InChI is InChI=1S/C11H15N3O2/c1-12-10-6-8(16-7-3-4-7)5-9(14-10)11(15)13-2/h5-7H,3-4H2,1-2H3,(H,12,14)(H,13,15). The summed E-state index contributed by atoms with van der Waals surface area (Å²) in [7, 11) is 3.34. The molecule has 0 atom stereocenters. The molecule has 1 aromatic rings. The Labute approximate surface area is 94.2 Å². The highest BCUT2D eigenvalue weighted by atomic mass is 16.5. The molecule has 2 N–H and O–H groups in total. The van der Waals surface area contributed by atoms with Gasteiger partial charge in [-0.25, -0.2) is 4.98 Å². The molecular weight excluding hydrogens is 206 g/mol. The van der Waals surface area contributed by atoms with Gasteiger partial charge in [0.1, 0.15) is 17.3 Å². The van der Waals surface area contributed by atoms with E-state index in [1.165, 1.54) is 0 Å². The highest BCUT2D eigenvalue weighted by Gasteiger charge is 2.24. The molecule has 1 amide bonds. The lowest BCUT2D eigenvalue weighted by Gasteiger charge is -2.08. The lowest BCUT2D eigenvalue weighted by Crippen LogP contribution is -2.19. The molecule has 1 fully saturated rings. The molecule has 0 spiro atoms. The molecule has 1 aromatic heterocycles. The van der Waals surface area contributed by atoms with Crippen molar-refractivity contribution in [3.63, 3.8) is 0 Å². The molecule has 5 heteroatoms. The summed E-state index contributed by atoms with van der Waals surface area (Å²) in [6.07, 6.45) is 2.49. The Kier molecular flexibility index (Phi) is 2.94. The first-order valence-electron chi connectivity index (χ1n) is 5.31. The number of nitrogens with zero attached hydrogens (tertiary/aromatic N) is 1. The Morgan fingerprint density at radius 3 is 2.75 bits per heavy atom. The van der Waals surface area contributed by atoms with Gasteiger partial charge in [-0.3, -0.25) is 4.79 Å². The number of anilines is 1. The van der Waals surface area contributed by atoms with Crippen LogP contribution in [0.1, 0.15) is 23.3 Å². The third-order valence-electron chi connectivity index (χ3n) is 2.34. The Bertz CT molecular complexity index is 402. The number of rotatable bonds is 4. The van der Waals surface area contributed by atoms with Crippen molar-refractivity contribution in [2.24, 2.45) is 0 Å². The second kappa shape index (κ2) is 4.38. The first-order chi connectivity index (χ1) is 7.72. The minimum Gasteiger partial charge on any atom is -0.490 e. The van der Waals surface area contributed by atoms with Crippen LogP contribution in [-0.4, -0.2) is 31.1 Å². The van der Waals surface area contributed by atoms with Crippen LogP contribution in [0.5, 0.6) is 5.75 Å². The van der Waals surface area contributed by atoms with Crippen molar-refractivity contribution in [1.29, 1.82) is 0 Å². The van der Waals surface area contributed by atoms with Crippen LogP contribution < -0.4 is 15.4 Å². The molecule has 1 aliphatic carbocycles. The Hall–Kier alpha value is -1.78. The van der Waals surface area contributed by atoms with Crippen molar-refractivity contribution < 1.29 is 9.53 Å². The second-order valence-electron chi connectivity index (χ2n) is 3.72. The van der Waals surface area contributed by atoms with E-state index in [0.717, 1.165) is 12.8 Å². The number of hydrogen-bond donors (Lipinski definition) is 2. The molecule has 0 aliphatic heterocycles. The van der Waals surface area contributed by atoms with Crippen LogP contribution in [0.2, 0.25) is 0 Å². The monoisotopic (exact) mass is 221 g/mol. The fourth-order valence-electron chi connectivity index (χ4n) is 1.32. The van der Waals surface area contributed by atoms with Crippen molar-refractivity contribution >= 4 is 11.7 Å². The van der Waals surface area contributed by atoms with E-state index in [-0.39, 0.29) is 5.91 Å². The molecule has 0 unspecified atom stereocenters.